The molecule has 0 saturated heterocycles. The fraction of sp³-hybridized carbons (Fsp3) is 0.375. The van der Waals surface area contributed by atoms with Gasteiger partial charge in [0.2, 0.25) is 0 Å². The number of fused-ring (bicyclic) bond motifs is 1. The topological polar surface area (TPSA) is 84.2 Å². The van der Waals surface area contributed by atoms with Crippen molar-refractivity contribution in [3.05, 3.63) is 28.1 Å². The molecule has 0 unspecified atom stereocenters. The predicted molar refractivity (Wildman–Crippen MR) is 82.7 cm³/mol. The molecule has 0 saturated carbocycles. The fourth-order valence-corrected chi connectivity index (χ4v) is 2.18. The number of esters is 1. The predicted octanol–water partition coefficient (Wildman–Crippen LogP) is 2.39. The van der Waals surface area contributed by atoms with E-state index in [9.17, 15) is 9.59 Å². The normalized spacial score (nSPS) is 10.4. The van der Waals surface area contributed by atoms with Crippen molar-refractivity contribution >= 4 is 16.7 Å². The highest BCUT2D eigenvalue weighted by molar-refractivity contribution is 6.06. The molecule has 124 valence electrons. The molecular weight excluding hydrogens is 304 g/mol. The molecule has 0 amide bonds. The summed E-state index contributed by atoms with van der Waals surface area (Å²) in [7, 11) is 2.91. The second-order valence-corrected chi connectivity index (χ2v) is 4.46. The molecule has 0 aliphatic rings. The van der Waals surface area contributed by atoms with Crippen molar-refractivity contribution in [3.63, 3.8) is 0 Å². The lowest BCUT2D eigenvalue weighted by Gasteiger charge is -2.13. The average molecular weight is 322 g/mol. The van der Waals surface area contributed by atoms with Crippen LogP contribution in [0.25, 0.3) is 10.8 Å². The van der Waals surface area contributed by atoms with Crippen molar-refractivity contribution in [3.8, 4) is 17.4 Å². The third-order valence-corrected chi connectivity index (χ3v) is 3.16. The van der Waals surface area contributed by atoms with Crippen molar-refractivity contribution < 1.29 is 28.2 Å². The highest BCUT2D eigenvalue weighted by Crippen LogP contribution is 2.35. The maximum Gasteiger partial charge on any atom is 0.346 e. The van der Waals surface area contributed by atoms with Crippen LogP contribution in [0.15, 0.2) is 21.3 Å². The minimum absolute atomic E-state index is 0.0456. The van der Waals surface area contributed by atoms with Gasteiger partial charge in [-0.05, 0) is 26.0 Å². The molecule has 0 aliphatic carbocycles. The van der Waals surface area contributed by atoms with E-state index in [2.05, 4.69) is 0 Å². The second kappa shape index (κ2) is 7.04. The molecule has 2 rings (SSSR count). The summed E-state index contributed by atoms with van der Waals surface area (Å²) in [5.74, 6) is -0.0857. The molecule has 0 radical (unpaired) electrons. The van der Waals surface area contributed by atoms with Crippen LogP contribution in [0, 0.1) is 0 Å². The van der Waals surface area contributed by atoms with Crippen molar-refractivity contribution in [2.24, 2.45) is 0 Å². The summed E-state index contributed by atoms with van der Waals surface area (Å²) in [5.41, 5.74) is -0.596. The van der Waals surface area contributed by atoms with Crippen LogP contribution in [0.5, 0.6) is 17.4 Å². The Hall–Kier alpha value is -2.70. The maximum absolute atomic E-state index is 12.3. The van der Waals surface area contributed by atoms with E-state index in [1.165, 1.54) is 26.4 Å². The monoisotopic (exact) mass is 322 g/mol. The molecule has 2 aromatic rings. The summed E-state index contributed by atoms with van der Waals surface area (Å²) in [6.07, 6.45) is 0. The van der Waals surface area contributed by atoms with Crippen molar-refractivity contribution in [1.29, 1.82) is 0 Å². The van der Waals surface area contributed by atoms with Crippen LogP contribution in [0.4, 0.5) is 0 Å². The molecule has 0 fully saturated rings. The quantitative estimate of drug-likeness (QED) is 0.755. The van der Waals surface area contributed by atoms with E-state index >= 15 is 0 Å². The molecule has 7 heteroatoms. The maximum atomic E-state index is 12.3. The van der Waals surface area contributed by atoms with Crippen molar-refractivity contribution in [2.75, 3.05) is 27.4 Å². The smallest absolute Gasteiger partial charge is 0.346 e. The van der Waals surface area contributed by atoms with E-state index in [0.717, 1.165) is 0 Å². The van der Waals surface area contributed by atoms with E-state index in [4.69, 9.17) is 23.4 Å². The summed E-state index contributed by atoms with van der Waals surface area (Å²) in [4.78, 5) is 24.5. The van der Waals surface area contributed by atoms with Gasteiger partial charge in [-0.15, -0.1) is 0 Å². The Balaban J connectivity index is 2.86. The van der Waals surface area contributed by atoms with Crippen LogP contribution in [-0.2, 0) is 4.74 Å². The molecule has 1 heterocycles. The van der Waals surface area contributed by atoms with Gasteiger partial charge in [0.1, 0.15) is 5.56 Å². The molecule has 0 bridgehead atoms. The molecule has 7 nitrogen and oxygen atoms in total. The lowest BCUT2D eigenvalue weighted by atomic mass is 10.1. The van der Waals surface area contributed by atoms with Gasteiger partial charge in [-0.1, -0.05) is 0 Å². The Morgan fingerprint density at radius 1 is 1.04 bits per heavy atom. The van der Waals surface area contributed by atoms with Crippen molar-refractivity contribution in [1.82, 2.24) is 0 Å². The molecular formula is C16H18O7. The van der Waals surface area contributed by atoms with Gasteiger partial charge in [0.05, 0.1) is 32.8 Å². The zero-order chi connectivity index (χ0) is 17.0. The number of methoxy groups -OCH3 is 2. The summed E-state index contributed by atoms with van der Waals surface area (Å²) >= 11 is 0. The zero-order valence-electron chi connectivity index (χ0n) is 13.4. The average Bonchev–Trinajstić information content (AvgIpc) is 2.54. The number of rotatable bonds is 6. The van der Waals surface area contributed by atoms with E-state index in [1.54, 1.807) is 13.8 Å². The fourth-order valence-electron chi connectivity index (χ4n) is 2.18. The van der Waals surface area contributed by atoms with E-state index in [1.807, 2.05) is 0 Å². The first-order valence-electron chi connectivity index (χ1n) is 7.10. The molecule has 0 spiro atoms. The summed E-state index contributed by atoms with van der Waals surface area (Å²) in [6, 6.07) is 2.98. The van der Waals surface area contributed by atoms with Gasteiger partial charge < -0.3 is 23.4 Å². The van der Waals surface area contributed by atoms with E-state index in [-0.39, 0.29) is 30.1 Å². The van der Waals surface area contributed by atoms with Gasteiger partial charge >= 0.3 is 17.5 Å². The van der Waals surface area contributed by atoms with Gasteiger partial charge in [0.15, 0.2) is 11.5 Å². The van der Waals surface area contributed by atoms with Gasteiger partial charge in [-0.2, -0.15) is 0 Å². The SMILES string of the molecule is CCOC(=O)c1c(OCC)oc(=O)c2cc(OC)c(OC)cc12. The summed E-state index contributed by atoms with van der Waals surface area (Å²) < 4.78 is 25.9. The largest absolute Gasteiger partial charge is 0.493 e. The van der Waals surface area contributed by atoms with Crippen LogP contribution in [0.3, 0.4) is 0 Å². The number of carbonyl (C=O) groups is 1. The first-order valence-corrected chi connectivity index (χ1v) is 7.10. The van der Waals surface area contributed by atoms with Gasteiger partial charge in [0, 0.05) is 5.39 Å². The second-order valence-electron chi connectivity index (χ2n) is 4.46. The number of hydrogen-bond acceptors (Lipinski definition) is 7. The first-order chi connectivity index (χ1) is 11.1. The van der Waals surface area contributed by atoms with Crippen LogP contribution in [0.2, 0.25) is 0 Å². The number of ether oxygens (including phenoxy) is 4. The lowest BCUT2D eigenvalue weighted by Crippen LogP contribution is -2.13. The molecule has 0 atom stereocenters. The third kappa shape index (κ3) is 3.08. The van der Waals surface area contributed by atoms with Crippen molar-refractivity contribution in [2.45, 2.75) is 13.8 Å². The molecule has 23 heavy (non-hydrogen) atoms. The Kier molecular flexibility index (Phi) is 5.10. The summed E-state index contributed by atoms with van der Waals surface area (Å²) in [5, 5.41) is 0.495. The van der Waals surface area contributed by atoms with Gasteiger partial charge in [-0.3, -0.25) is 0 Å². The van der Waals surface area contributed by atoms with E-state index < -0.39 is 11.6 Å². The Labute approximate surface area is 132 Å². The number of benzene rings is 1. The molecule has 1 aromatic carbocycles. The Morgan fingerprint density at radius 2 is 1.65 bits per heavy atom. The highest BCUT2D eigenvalue weighted by Gasteiger charge is 2.24. The van der Waals surface area contributed by atoms with Gasteiger partial charge in [0.25, 0.3) is 0 Å². The third-order valence-electron chi connectivity index (χ3n) is 3.16. The molecule has 1 aromatic heterocycles. The van der Waals surface area contributed by atoms with Crippen LogP contribution >= 0.6 is 0 Å². The van der Waals surface area contributed by atoms with Crippen LogP contribution in [-0.4, -0.2) is 33.4 Å². The Bertz CT molecular complexity index is 776. The number of carbonyl (C=O) groups excluding carboxylic acids is 1. The van der Waals surface area contributed by atoms with Gasteiger partial charge in [-0.25, -0.2) is 9.59 Å². The minimum Gasteiger partial charge on any atom is -0.493 e. The molecule has 0 aliphatic heterocycles. The first kappa shape index (κ1) is 16.7. The van der Waals surface area contributed by atoms with Crippen LogP contribution in [0.1, 0.15) is 24.2 Å². The highest BCUT2D eigenvalue weighted by atomic mass is 16.6. The van der Waals surface area contributed by atoms with E-state index in [0.29, 0.717) is 16.9 Å². The standard InChI is InChI=1S/C16H18O7/c1-5-21-15(18)13-9-7-11(19-3)12(20-4)8-10(9)14(17)23-16(13)22-6-2/h7-8H,5-6H2,1-4H3. The Morgan fingerprint density at radius 3 is 2.17 bits per heavy atom. The minimum atomic E-state index is -0.642. The lowest BCUT2D eigenvalue weighted by molar-refractivity contribution is 0.0517. The number of hydrogen-bond donors (Lipinski definition) is 0. The molecule has 0 N–H and O–H groups in total. The summed E-state index contributed by atoms with van der Waals surface area (Å²) in [6.45, 7) is 3.81. The van der Waals surface area contributed by atoms with Crippen LogP contribution < -0.4 is 19.8 Å². The zero-order valence-corrected chi connectivity index (χ0v) is 13.4.